The molecule has 0 aromatic rings. The van der Waals surface area contributed by atoms with Crippen molar-refractivity contribution in [2.45, 2.75) is 380 Å². The summed E-state index contributed by atoms with van der Waals surface area (Å²) in [6.07, 6.45) is 80.0. The SMILES string of the molecule is CCCCCCC/C=C\C/C=C\CCCCCCCCCCCCCC(=O)OC(COC(=O)CCCCCCCCCCCCCCCCCCCCCCCCCCCCCCCCCCCCC)COP(=O)(O)OCCN. The highest BCUT2D eigenvalue weighted by Gasteiger charge is 2.26. The van der Waals surface area contributed by atoms with E-state index in [1.807, 2.05) is 0 Å². The van der Waals surface area contributed by atoms with Crippen LogP contribution in [-0.2, 0) is 32.7 Å². The number of rotatable bonds is 67. The molecule has 0 rings (SSSR count). The van der Waals surface area contributed by atoms with Gasteiger partial charge in [0.05, 0.1) is 13.2 Å². The van der Waals surface area contributed by atoms with E-state index in [-0.39, 0.29) is 38.6 Å². The third-order valence-electron chi connectivity index (χ3n) is 15.8. The number of phosphoric acid groups is 1. The first-order valence-corrected chi connectivity index (χ1v) is 36.3. The van der Waals surface area contributed by atoms with Crippen molar-refractivity contribution < 1.29 is 37.6 Å². The molecule has 79 heavy (non-hydrogen) atoms. The average Bonchev–Trinajstić information content (AvgIpc) is 3.44. The molecule has 0 heterocycles. The van der Waals surface area contributed by atoms with Gasteiger partial charge in [0, 0.05) is 19.4 Å². The first kappa shape index (κ1) is 77.5. The minimum atomic E-state index is -4.39. The van der Waals surface area contributed by atoms with Gasteiger partial charge in [-0.3, -0.25) is 18.6 Å². The van der Waals surface area contributed by atoms with E-state index in [0.717, 1.165) is 44.9 Å². The van der Waals surface area contributed by atoms with Gasteiger partial charge in [-0.1, -0.05) is 340 Å². The summed E-state index contributed by atoms with van der Waals surface area (Å²) in [5.41, 5.74) is 5.40. The first-order valence-electron chi connectivity index (χ1n) is 34.8. The summed E-state index contributed by atoms with van der Waals surface area (Å²) in [6.45, 7) is 3.81. The number of carbonyl (C=O) groups is 2. The molecule has 0 aromatic heterocycles. The third-order valence-corrected chi connectivity index (χ3v) is 16.8. The zero-order chi connectivity index (χ0) is 57.3. The van der Waals surface area contributed by atoms with Crippen LogP contribution in [0, 0.1) is 0 Å². The minimum Gasteiger partial charge on any atom is -0.462 e. The van der Waals surface area contributed by atoms with Gasteiger partial charge < -0.3 is 20.1 Å². The van der Waals surface area contributed by atoms with Gasteiger partial charge in [0.2, 0.25) is 0 Å². The van der Waals surface area contributed by atoms with E-state index >= 15 is 0 Å². The summed E-state index contributed by atoms with van der Waals surface area (Å²) in [4.78, 5) is 35.3. The molecule has 0 amide bonds. The van der Waals surface area contributed by atoms with E-state index in [4.69, 9.17) is 24.3 Å². The van der Waals surface area contributed by atoms with E-state index in [1.54, 1.807) is 0 Å². The highest BCUT2D eigenvalue weighted by molar-refractivity contribution is 7.47. The molecule has 9 nitrogen and oxygen atoms in total. The number of hydrogen-bond acceptors (Lipinski definition) is 8. The number of carbonyl (C=O) groups excluding carboxylic acids is 2. The predicted octanol–water partition coefficient (Wildman–Crippen LogP) is 22.5. The number of nitrogens with two attached hydrogens (primary N) is 1. The van der Waals surface area contributed by atoms with Crippen LogP contribution in [0.1, 0.15) is 373 Å². The minimum absolute atomic E-state index is 0.0556. The van der Waals surface area contributed by atoms with Crippen molar-refractivity contribution >= 4 is 19.8 Å². The second-order valence-corrected chi connectivity index (χ2v) is 25.2. The molecule has 0 bridgehead atoms. The fourth-order valence-electron chi connectivity index (χ4n) is 10.7. The summed E-state index contributed by atoms with van der Waals surface area (Å²) in [6, 6.07) is 0. The second kappa shape index (κ2) is 65.6. The van der Waals surface area contributed by atoms with Crippen molar-refractivity contribution in [3.05, 3.63) is 24.3 Å². The van der Waals surface area contributed by atoms with Gasteiger partial charge in [-0.05, 0) is 44.9 Å². The number of phosphoric ester groups is 1. The zero-order valence-electron chi connectivity index (χ0n) is 52.6. The Labute approximate surface area is 491 Å². The number of ether oxygens (including phenoxy) is 2. The van der Waals surface area contributed by atoms with Gasteiger partial charge in [-0.15, -0.1) is 0 Å². The van der Waals surface area contributed by atoms with Crippen LogP contribution in [0.4, 0.5) is 0 Å². The van der Waals surface area contributed by atoms with Gasteiger partial charge in [-0.2, -0.15) is 0 Å². The van der Waals surface area contributed by atoms with Gasteiger partial charge >= 0.3 is 19.8 Å². The topological polar surface area (TPSA) is 134 Å². The Balaban J connectivity index is 3.79. The Bertz CT molecular complexity index is 1340. The highest BCUT2D eigenvalue weighted by atomic mass is 31.2. The number of unbranched alkanes of at least 4 members (excludes halogenated alkanes) is 50. The second-order valence-electron chi connectivity index (χ2n) is 23.8. The molecule has 0 saturated heterocycles. The zero-order valence-corrected chi connectivity index (χ0v) is 53.5. The molecule has 2 atom stereocenters. The maximum Gasteiger partial charge on any atom is 0.472 e. The van der Waals surface area contributed by atoms with Crippen molar-refractivity contribution in [1.29, 1.82) is 0 Å². The number of hydrogen-bond donors (Lipinski definition) is 2. The van der Waals surface area contributed by atoms with Gasteiger partial charge in [-0.25, -0.2) is 4.57 Å². The standard InChI is InChI=1S/C69H134NO8P/c1-3-5-7-9-11-13-15-17-19-21-23-25-27-28-29-30-31-32-33-34-35-36-37-38-40-41-43-45-47-49-51-53-55-57-59-61-68(71)75-65-67(66-77-79(73,74)76-64-63-70)78-69(72)62-60-58-56-54-52-50-48-46-44-42-39-26-24-22-20-18-16-14-12-10-8-6-4-2/h16,18,22,24,67H,3-15,17,19-21,23,25-66,70H2,1-2H3,(H,73,74)/b18-16-,24-22-. The molecule has 0 aromatic carbocycles. The van der Waals surface area contributed by atoms with Crippen LogP contribution in [0.2, 0.25) is 0 Å². The molecule has 0 saturated carbocycles. The van der Waals surface area contributed by atoms with E-state index < -0.39 is 26.5 Å². The molecule has 10 heteroatoms. The smallest absolute Gasteiger partial charge is 0.462 e. The van der Waals surface area contributed by atoms with Crippen LogP contribution >= 0.6 is 7.82 Å². The van der Waals surface area contributed by atoms with Gasteiger partial charge in [0.15, 0.2) is 6.10 Å². The highest BCUT2D eigenvalue weighted by Crippen LogP contribution is 2.43. The van der Waals surface area contributed by atoms with Crippen LogP contribution in [0.15, 0.2) is 24.3 Å². The Morgan fingerprint density at radius 2 is 0.658 bits per heavy atom. The van der Waals surface area contributed by atoms with Crippen LogP contribution in [0.25, 0.3) is 0 Å². The molecule has 468 valence electrons. The maximum absolute atomic E-state index is 12.7. The first-order chi connectivity index (χ1) is 38.8. The molecular formula is C69H134NO8P. The molecule has 3 N–H and O–H groups in total. The molecule has 0 aliphatic carbocycles. The molecule has 0 radical (unpaired) electrons. The molecule has 0 aliphatic rings. The quantitative estimate of drug-likeness (QED) is 0.0264. The Hall–Kier alpha value is -1.51. The monoisotopic (exact) mass is 1140 g/mol. The summed E-state index contributed by atoms with van der Waals surface area (Å²) >= 11 is 0. The summed E-state index contributed by atoms with van der Waals surface area (Å²) in [7, 11) is -4.39. The van der Waals surface area contributed by atoms with E-state index in [2.05, 4.69) is 38.2 Å². The van der Waals surface area contributed by atoms with Crippen molar-refractivity contribution in [2.24, 2.45) is 5.73 Å². The Morgan fingerprint density at radius 1 is 0.380 bits per heavy atom. The van der Waals surface area contributed by atoms with E-state index in [0.29, 0.717) is 6.42 Å². The van der Waals surface area contributed by atoms with Crippen molar-refractivity contribution in [1.82, 2.24) is 0 Å². The summed E-state index contributed by atoms with van der Waals surface area (Å²) in [5, 5.41) is 0. The largest absolute Gasteiger partial charge is 0.472 e. The van der Waals surface area contributed by atoms with Gasteiger partial charge in [0.1, 0.15) is 6.61 Å². The number of allylic oxidation sites excluding steroid dienone is 4. The maximum atomic E-state index is 12.7. The van der Waals surface area contributed by atoms with E-state index in [1.165, 1.54) is 295 Å². The third kappa shape index (κ3) is 65.5. The van der Waals surface area contributed by atoms with E-state index in [9.17, 15) is 19.0 Å². The van der Waals surface area contributed by atoms with Gasteiger partial charge in [0.25, 0.3) is 0 Å². The fourth-order valence-corrected chi connectivity index (χ4v) is 11.4. The summed E-state index contributed by atoms with van der Waals surface area (Å²) in [5.74, 6) is -0.809. The van der Waals surface area contributed by atoms with Crippen LogP contribution < -0.4 is 5.73 Å². The molecule has 0 aliphatic heterocycles. The Morgan fingerprint density at radius 3 is 0.962 bits per heavy atom. The lowest BCUT2D eigenvalue weighted by molar-refractivity contribution is -0.161. The lowest BCUT2D eigenvalue weighted by Crippen LogP contribution is -2.29. The lowest BCUT2D eigenvalue weighted by Gasteiger charge is -2.19. The predicted molar refractivity (Wildman–Crippen MR) is 340 cm³/mol. The van der Waals surface area contributed by atoms with Crippen LogP contribution in [-0.4, -0.2) is 49.3 Å². The van der Waals surface area contributed by atoms with Crippen molar-refractivity contribution in [2.75, 3.05) is 26.4 Å². The molecule has 0 spiro atoms. The molecular weight excluding hydrogens is 1000 g/mol. The van der Waals surface area contributed by atoms with Crippen molar-refractivity contribution in [3.8, 4) is 0 Å². The molecule has 0 fully saturated rings. The lowest BCUT2D eigenvalue weighted by atomic mass is 10.0. The summed E-state index contributed by atoms with van der Waals surface area (Å²) < 4.78 is 33.2. The van der Waals surface area contributed by atoms with Crippen molar-refractivity contribution in [3.63, 3.8) is 0 Å². The van der Waals surface area contributed by atoms with Crippen LogP contribution in [0.5, 0.6) is 0 Å². The van der Waals surface area contributed by atoms with Crippen LogP contribution in [0.3, 0.4) is 0 Å². The fraction of sp³-hybridized carbons (Fsp3) is 0.913. The number of esters is 2. The normalized spacial score (nSPS) is 13.0. The Kier molecular flexibility index (Phi) is 64.4. The molecule has 2 unspecified atom stereocenters. The average molecular weight is 1140 g/mol.